The molecule has 3 atom stereocenters. The third kappa shape index (κ3) is 3.96. The van der Waals surface area contributed by atoms with Gasteiger partial charge in [-0.1, -0.05) is 6.42 Å². The second-order valence-electron chi connectivity index (χ2n) is 4.90. The van der Waals surface area contributed by atoms with Crippen LogP contribution in [0.25, 0.3) is 0 Å². The van der Waals surface area contributed by atoms with E-state index in [9.17, 15) is 9.90 Å². The Kier molecular flexibility index (Phi) is 5.92. The first-order valence-corrected chi connectivity index (χ1v) is 6.80. The highest BCUT2D eigenvalue weighted by Gasteiger charge is 2.26. The first-order valence-electron chi connectivity index (χ1n) is 6.80. The van der Waals surface area contributed by atoms with E-state index in [0.717, 1.165) is 38.9 Å². The van der Waals surface area contributed by atoms with Crippen LogP contribution in [0.4, 0.5) is 0 Å². The van der Waals surface area contributed by atoms with Gasteiger partial charge in [-0.3, -0.25) is 4.79 Å². The first-order chi connectivity index (χ1) is 8.10. The monoisotopic (exact) mass is 242 g/mol. The highest BCUT2D eigenvalue weighted by Crippen LogP contribution is 2.24. The SMILES string of the molecule is CCN(CC)C(=O)C(C)NCC1CCCC1O. The fourth-order valence-corrected chi connectivity index (χ4v) is 2.48. The highest BCUT2D eigenvalue weighted by molar-refractivity contribution is 5.81. The van der Waals surface area contributed by atoms with Gasteiger partial charge in [0.2, 0.25) is 5.91 Å². The van der Waals surface area contributed by atoms with Gasteiger partial charge in [-0.15, -0.1) is 0 Å². The van der Waals surface area contributed by atoms with Crippen molar-refractivity contribution in [3.8, 4) is 0 Å². The average molecular weight is 242 g/mol. The van der Waals surface area contributed by atoms with E-state index >= 15 is 0 Å². The summed E-state index contributed by atoms with van der Waals surface area (Å²) in [6.07, 6.45) is 2.90. The quantitative estimate of drug-likeness (QED) is 0.730. The summed E-state index contributed by atoms with van der Waals surface area (Å²) in [5.41, 5.74) is 0. The molecule has 1 rings (SSSR count). The number of aliphatic hydroxyl groups excluding tert-OH is 1. The zero-order chi connectivity index (χ0) is 12.8. The molecule has 0 bridgehead atoms. The van der Waals surface area contributed by atoms with Crippen molar-refractivity contribution in [3.63, 3.8) is 0 Å². The molecule has 100 valence electrons. The lowest BCUT2D eigenvalue weighted by atomic mass is 10.1. The van der Waals surface area contributed by atoms with E-state index in [-0.39, 0.29) is 18.1 Å². The lowest BCUT2D eigenvalue weighted by Gasteiger charge is -2.25. The van der Waals surface area contributed by atoms with Crippen molar-refractivity contribution in [3.05, 3.63) is 0 Å². The van der Waals surface area contributed by atoms with Crippen molar-refractivity contribution in [2.24, 2.45) is 5.92 Å². The van der Waals surface area contributed by atoms with Gasteiger partial charge in [-0.25, -0.2) is 0 Å². The molecule has 17 heavy (non-hydrogen) atoms. The largest absolute Gasteiger partial charge is 0.393 e. The van der Waals surface area contributed by atoms with Crippen LogP contribution in [-0.4, -0.2) is 47.7 Å². The van der Waals surface area contributed by atoms with E-state index < -0.39 is 0 Å². The average Bonchev–Trinajstić information content (AvgIpc) is 2.73. The predicted molar refractivity (Wildman–Crippen MR) is 68.7 cm³/mol. The Hall–Kier alpha value is -0.610. The van der Waals surface area contributed by atoms with Crippen molar-refractivity contribution in [2.45, 2.75) is 52.2 Å². The summed E-state index contributed by atoms with van der Waals surface area (Å²) in [7, 11) is 0. The van der Waals surface area contributed by atoms with Gasteiger partial charge in [0.1, 0.15) is 0 Å². The minimum Gasteiger partial charge on any atom is -0.393 e. The van der Waals surface area contributed by atoms with Crippen LogP contribution in [0.5, 0.6) is 0 Å². The van der Waals surface area contributed by atoms with E-state index in [1.807, 2.05) is 25.7 Å². The van der Waals surface area contributed by atoms with Gasteiger partial charge >= 0.3 is 0 Å². The molecule has 4 heteroatoms. The number of amides is 1. The number of rotatable bonds is 6. The highest BCUT2D eigenvalue weighted by atomic mass is 16.3. The molecule has 0 radical (unpaired) electrons. The van der Waals surface area contributed by atoms with Crippen LogP contribution in [0.1, 0.15) is 40.0 Å². The van der Waals surface area contributed by atoms with Gasteiger partial charge in [-0.05, 0) is 39.5 Å². The zero-order valence-corrected chi connectivity index (χ0v) is 11.3. The maximum atomic E-state index is 12.0. The molecule has 0 aromatic rings. The molecule has 1 amide bonds. The van der Waals surface area contributed by atoms with Gasteiger partial charge in [0.25, 0.3) is 0 Å². The summed E-state index contributed by atoms with van der Waals surface area (Å²) in [5.74, 6) is 0.476. The lowest BCUT2D eigenvalue weighted by Crippen LogP contribution is -2.46. The summed E-state index contributed by atoms with van der Waals surface area (Å²) in [5, 5.41) is 13.0. The summed E-state index contributed by atoms with van der Waals surface area (Å²) in [4.78, 5) is 13.8. The minimum absolute atomic E-state index is 0.150. The van der Waals surface area contributed by atoms with Crippen molar-refractivity contribution in [1.82, 2.24) is 10.2 Å². The van der Waals surface area contributed by atoms with E-state index in [0.29, 0.717) is 5.92 Å². The molecule has 0 heterocycles. The molecule has 1 saturated carbocycles. The van der Waals surface area contributed by atoms with Gasteiger partial charge in [0, 0.05) is 19.6 Å². The summed E-state index contributed by atoms with van der Waals surface area (Å²) < 4.78 is 0. The molecule has 0 aliphatic heterocycles. The summed E-state index contributed by atoms with van der Waals surface area (Å²) in [6, 6.07) is -0.150. The van der Waals surface area contributed by atoms with Crippen LogP contribution in [-0.2, 0) is 4.79 Å². The fraction of sp³-hybridized carbons (Fsp3) is 0.923. The molecule has 3 unspecified atom stereocenters. The van der Waals surface area contributed by atoms with Crippen molar-refractivity contribution in [2.75, 3.05) is 19.6 Å². The molecule has 1 aliphatic rings. The Morgan fingerprint density at radius 2 is 2.06 bits per heavy atom. The Labute approximate surface area is 104 Å². The molecular formula is C13H26N2O2. The predicted octanol–water partition coefficient (Wildman–Crippen LogP) is 0.994. The molecule has 1 aliphatic carbocycles. The minimum atomic E-state index is -0.182. The maximum absolute atomic E-state index is 12.0. The molecular weight excluding hydrogens is 216 g/mol. The number of carbonyl (C=O) groups is 1. The number of hydrogen-bond donors (Lipinski definition) is 2. The smallest absolute Gasteiger partial charge is 0.239 e. The Balaban J connectivity index is 2.33. The van der Waals surface area contributed by atoms with Crippen molar-refractivity contribution in [1.29, 1.82) is 0 Å². The molecule has 0 aromatic carbocycles. The van der Waals surface area contributed by atoms with Gasteiger partial charge in [0.15, 0.2) is 0 Å². The lowest BCUT2D eigenvalue weighted by molar-refractivity contribution is -0.132. The van der Waals surface area contributed by atoms with E-state index in [1.54, 1.807) is 0 Å². The number of aliphatic hydroxyl groups is 1. The molecule has 2 N–H and O–H groups in total. The van der Waals surface area contributed by atoms with Crippen LogP contribution in [0.15, 0.2) is 0 Å². The van der Waals surface area contributed by atoms with E-state index in [4.69, 9.17) is 0 Å². The van der Waals surface area contributed by atoms with Crippen LogP contribution < -0.4 is 5.32 Å². The van der Waals surface area contributed by atoms with Crippen LogP contribution in [0.2, 0.25) is 0 Å². The second-order valence-corrected chi connectivity index (χ2v) is 4.90. The number of nitrogens with zero attached hydrogens (tertiary/aromatic N) is 1. The van der Waals surface area contributed by atoms with Crippen LogP contribution >= 0.6 is 0 Å². The van der Waals surface area contributed by atoms with Gasteiger partial charge in [-0.2, -0.15) is 0 Å². The Bertz CT molecular complexity index is 242. The molecule has 0 spiro atoms. The number of carbonyl (C=O) groups excluding carboxylic acids is 1. The second kappa shape index (κ2) is 6.97. The molecule has 0 aromatic heterocycles. The zero-order valence-electron chi connectivity index (χ0n) is 11.3. The third-order valence-corrected chi connectivity index (χ3v) is 3.75. The fourth-order valence-electron chi connectivity index (χ4n) is 2.48. The van der Waals surface area contributed by atoms with Crippen molar-refractivity contribution < 1.29 is 9.90 Å². The first kappa shape index (κ1) is 14.5. The van der Waals surface area contributed by atoms with Crippen LogP contribution in [0, 0.1) is 5.92 Å². The topological polar surface area (TPSA) is 52.6 Å². The normalized spacial score (nSPS) is 25.9. The maximum Gasteiger partial charge on any atom is 0.239 e. The van der Waals surface area contributed by atoms with Gasteiger partial charge < -0.3 is 15.3 Å². The summed E-state index contributed by atoms with van der Waals surface area (Å²) in [6.45, 7) is 8.15. The van der Waals surface area contributed by atoms with Crippen LogP contribution in [0.3, 0.4) is 0 Å². The molecule has 0 saturated heterocycles. The summed E-state index contributed by atoms with van der Waals surface area (Å²) >= 11 is 0. The number of likely N-dealkylation sites (N-methyl/N-ethyl adjacent to an activating group) is 1. The molecule has 1 fully saturated rings. The Morgan fingerprint density at radius 3 is 2.53 bits per heavy atom. The van der Waals surface area contributed by atoms with E-state index in [1.165, 1.54) is 0 Å². The molecule has 4 nitrogen and oxygen atoms in total. The number of hydrogen-bond acceptors (Lipinski definition) is 3. The number of nitrogens with one attached hydrogen (secondary N) is 1. The standard InChI is InChI=1S/C13H26N2O2/c1-4-15(5-2)13(17)10(3)14-9-11-7-6-8-12(11)16/h10-12,14,16H,4-9H2,1-3H3. The van der Waals surface area contributed by atoms with E-state index in [2.05, 4.69) is 5.32 Å². The Morgan fingerprint density at radius 1 is 1.41 bits per heavy atom. The third-order valence-electron chi connectivity index (χ3n) is 3.75. The van der Waals surface area contributed by atoms with Crippen molar-refractivity contribution >= 4 is 5.91 Å². The van der Waals surface area contributed by atoms with Gasteiger partial charge in [0.05, 0.1) is 12.1 Å².